The number of para-hydroxylation sites is 1. The Morgan fingerprint density at radius 2 is 1.91 bits per heavy atom. The number of benzene rings is 2. The van der Waals surface area contributed by atoms with Gasteiger partial charge in [0.2, 0.25) is 5.91 Å². The molecule has 5 nitrogen and oxygen atoms in total. The van der Waals surface area contributed by atoms with Crippen molar-refractivity contribution in [2.45, 2.75) is 6.92 Å². The number of amides is 1. The van der Waals surface area contributed by atoms with Crippen LogP contribution in [-0.2, 0) is 9.53 Å². The van der Waals surface area contributed by atoms with Crippen LogP contribution in [0, 0.1) is 6.92 Å². The highest BCUT2D eigenvalue weighted by molar-refractivity contribution is 5.93. The van der Waals surface area contributed by atoms with Crippen molar-refractivity contribution in [1.82, 2.24) is 5.32 Å². The molecule has 2 N–H and O–H groups in total. The van der Waals surface area contributed by atoms with Gasteiger partial charge in [-0.25, -0.2) is 0 Å². The van der Waals surface area contributed by atoms with Crippen LogP contribution in [0.2, 0.25) is 0 Å². The zero-order chi connectivity index (χ0) is 16.5. The van der Waals surface area contributed by atoms with Crippen LogP contribution in [0.25, 0.3) is 0 Å². The molecule has 0 atom stereocenters. The molecule has 0 heterocycles. The van der Waals surface area contributed by atoms with Crippen LogP contribution < -0.4 is 15.4 Å². The van der Waals surface area contributed by atoms with E-state index in [1.807, 2.05) is 55.5 Å². The number of carbonyl (C=O) groups is 1. The Labute approximate surface area is 136 Å². The summed E-state index contributed by atoms with van der Waals surface area (Å²) in [4.78, 5) is 12.0. The van der Waals surface area contributed by atoms with Gasteiger partial charge in [0.05, 0.1) is 18.8 Å². The predicted octanol–water partition coefficient (Wildman–Crippen LogP) is 2.96. The van der Waals surface area contributed by atoms with Crippen LogP contribution in [0.5, 0.6) is 11.5 Å². The Morgan fingerprint density at radius 3 is 2.65 bits per heavy atom. The molecule has 0 aromatic heterocycles. The van der Waals surface area contributed by atoms with Gasteiger partial charge in [-0.15, -0.1) is 0 Å². The molecule has 0 spiro atoms. The quantitative estimate of drug-likeness (QED) is 0.736. The lowest BCUT2D eigenvalue weighted by Gasteiger charge is -2.13. The number of aryl methyl sites for hydroxylation is 1. The van der Waals surface area contributed by atoms with E-state index in [-0.39, 0.29) is 12.5 Å². The molecule has 2 aromatic carbocycles. The minimum atomic E-state index is -0.121. The second kappa shape index (κ2) is 8.92. The molecule has 1 amide bonds. The largest absolute Gasteiger partial charge is 0.455 e. The second-order valence-electron chi connectivity index (χ2n) is 5.13. The lowest BCUT2D eigenvalue weighted by Crippen LogP contribution is -2.30. The lowest BCUT2D eigenvalue weighted by atomic mass is 10.2. The molecule has 0 aliphatic carbocycles. The van der Waals surface area contributed by atoms with Gasteiger partial charge in [0.25, 0.3) is 0 Å². The summed E-state index contributed by atoms with van der Waals surface area (Å²) in [6.07, 6.45) is 0. The van der Waals surface area contributed by atoms with Crippen LogP contribution in [0.15, 0.2) is 48.5 Å². The summed E-state index contributed by atoms with van der Waals surface area (Å²) >= 11 is 0. The van der Waals surface area contributed by atoms with Gasteiger partial charge in [0.15, 0.2) is 5.75 Å². The first kappa shape index (κ1) is 17.0. The normalized spacial score (nSPS) is 10.3. The molecular formula is C18H22N2O3. The molecular weight excluding hydrogens is 292 g/mol. The monoisotopic (exact) mass is 314 g/mol. The van der Waals surface area contributed by atoms with E-state index in [9.17, 15) is 4.79 Å². The van der Waals surface area contributed by atoms with Crippen molar-refractivity contribution in [3.05, 3.63) is 54.1 Å². The topological polar surface area (TPSA) is 59.6 Å². The third-order valence-electron chi connectivity index (χ3n) is 3.15. The summed E-state index contributed by atoms with van der Waals surface area (Å²) in [6.45, 7) is 3.39. The van der Waals surface area contributed by atoms with Gasteiger partial charge in [0, 0.05) is 13.7 Å². The zero-order valence-electron chi connectivity index (χ0n) is 13.5. The van der Waals surface area contributed by atoms with Crippen molar-refractivity contribution in [3.8, 4) is 11.5 Å². The van der Waals surface area contributed by atoms with Gasteiger partial charge >= 0.3 is 0 Å². The van der Waals surface area contributed by atoms with E-state index in [1.54, 1.807) is 7.11 Å². The second-order valence-corrected chi connectivity index (χ2v) is 5.13. The number of ether oxygens (including phenoxy) is 2. The van der Waals surface area contributed by atoms with Crippen molar-refractivity contribution in [3.63, 3.8) is 0 Å². The Hall–Kier alpha value is -2.37. The average Bonchev–Trinajstić information content (AvgIpc) is 2.55. The van der Waals surface area contributed by atoms with Crippen molar-refractivity contribution in [2.24, 2.45) is 0 Å². The highest BCUT2D eigenvalue weighted by Crippen LogP contribution is 2.30. The lowest BCUT2D eigenvalue weighted by molar-refractivity contribution is -0.115. The van der Waals surface area contributed by atoms with Crippen molar-refractivity contribution >= 4 is 11.6 Å². The maximum atomic E-state index is 12.0. The Balaban J connectivity index is 2.02. The standard InChI is InChI=1S/C18H22N2O3/c1-14-8-9-17(23-15-6-4-3-5-7-15)16(12-14)20-18(21)13-19-10-11-22-2/h3-9,12,19H,10-11,13H2,1-2H3,(H,20,21). The van der Waals surface area contributed by atoms with Gasteiger partial charge in [-0.2, -0.15) is 0 Å². The molecule has 0 bridgehead atoms. The van der Waals surface area contributed by atoms with E-state index in [4.69, 9.17) is 9.47 Å². The summed E-state index contributed by atoms with van der Waals surface area (Å²) in [5, 5.41) is 5.89. The maximum absolute atomic E-state index is 12.0. The van der Waals surface area contributed by atoms with Gasteiger partial charge in [-0.3, -0.25) is 4.79 Å². The number of hydrogen-bond acceptors (Lipinski definition) is 4. The van der Waals surface area contributed by atoms with E-state index < -0.39 is 0 Å². The van der Waals surface area contributed by atoms with Gasteiger partial charge in [-0.1, -0.05) is 24.3 Å². The fourth-order valence-electron chi connectivity index (χ4n) is 2.02. The molecule has 0 fully saturated rings. The fourth-order valence-corrected chi connectivity index (χ4v) is 2.02. The smallest absolute Gasteiger partial charge is 0.238 e. The van der Waals surface area contributed by atoms with Gasteiger partial charge < -0.3 is 20.1 Å². The average molecular weight is 314 g/mol. The highest BCUT2D eigenvalue weighted by Gasteiger charge is 2.09. The Bertz CT molecular complexity index is 629. The van der Waals surface area contributed by atoms with Crippen molar-refractivity contribution in [1.29, 1.82) is 0 Å². The number of nitrogens with one attached hydrogen (secondary N) is 2. The molecule has 0 aliphatic heterocycles. The summed E-state index contributed by atoms with van der Waals surface area (Å²) in [5.74, 6) is 1.22. The minimum absolute atomic E-state index is 0.121. The molecule has 0 aliphatic rings. The van der Waals surface area contributed by atoms with Crippen LogP contribution in [0.1, 0.15) is 5.56 Å². The molecule has 0 saturated carbocycles. The van der Waals surface area contributed by atoms with Gasteiger partial charge in [-0.05, 0) is 36.8 Å². The molecule has 122 valence electrons. The van der Waals surface area contributed by atoms with E-state index in [2.05, 4.69) is 10.6 Å². The van der Waals surface area contributed by atoms with E-state index in [1.165, 1.54) is 0 Å². The SMILES string of the molecule is COCCNCC(=O)Nc1cc(C)ccc1Oc1ccccc1. The molecule has 0 radical (unpaired) electrons. The maximum Gasteiger partial charge on any atom is 0.238 e. The number of anilines is 1. The van der Waals surface area contributed by atoms with E-state index in [0.717, 1.165) is 11.3 Å². The third kappa shape index (κ3) is 5.73. The van der Waals surface area contributed by atoms with E-state index >= 15 is 0 Å². The number of rotatable bonds is 8. The highest BCUT2D eigenvalue weighted by atomic mass is 16.5. The molecule has 0 unspecified atom stereocenters. The van der Waals surface area contributed by atoms with Crippen LogP contribution >= 0.6 is 0 Å². The number of methoxy groups -OCH3 is 1. The van der Waals surface area contributed by atoms with E-state index in [0.29, 0.717) is 24.6 Å². The predicted molar refractivity (Wildman–Crippen MR) is 91.1 cm³/mol. The molecule has 5 heteroatoms. The molecule has 0 saturated heterocycles. The molecule has 2 rings (SSSR count). The number of carbonyl (C=O) groups excluding carboxylic acids is 1. The first-order valence-electron chi connectivity index (χ1n) is 7.52. The van der Waals surface area contributed by atoms with Crippen LogP contribution in [0.3, 0.4) is 0 Å². The van der Waals surface area contributed by atoms with Crippen LogP contribution in [-0.4, -0.2) is 32.7 Å². The fraction of sp³-hybridized carbons (Fsp3) is 0.278. The van der Waals surface area contributed by atoms with Crippen molar-refractivity contribution in [2.75, 3.05) is 32.1 Å². The number of hydrogen-bond donors (Lipinski definition) is 2. The third-order valence-corrected chi connectivity index (χ3v) is 3.15. The van der Waals surface area contributed by atoms with Crippen molar-refractivity contribution < 1.29 is 14.3 Å². The van der Waals surface area contributed by atoms with Gasteiger partial charge in [0.1, 0.15) is 5.75 Å². The summed E-state index contributed by atoms with van der Waals surface area (Å²) in [5.41, 5.74) is 1.71. The summed E-state index contributed by atoms with van der Waals surface area (Å²) < 4.78 is 10.8. The zero-order valence-corrected chi connectivity index (χ0v) is 13.5. The first-order valence-corrected chi connectivity index (χ1v) is 7.52. The minimum Gasteiger partial charge on any atom is -0.455 e. The Kier molecular flexibility index (Phi) is 6.59. The first-order chi connectivity index (χ1) is 11.2. The molecule has 2 aromatic rings. The Morgan fingerprint density at radius 1 is 1.13 bits per heavy atom. The summed E-state index contributed by atoms with van der Waals surface area (Å²) in [7, 11) is 1.63. The van der Waals surface area contributed by atoms with Crippen LogP contribution in [0.4, 0.5) is 5.69 Å². The summed E-state index contributed by atoms with van der Waals surface area (Å²) in [6, 6.07) is 15.2. The molecule has 23 heavy (non-hydrogen) atoms.